The lowest BCUT2D eigenvalue weighted by atomic mass is 10.1. The van der Waals surface area contributed by atoms with Crippen molar-refractivity contribution in [1.29, 1.82) is 0 Å². The Hall–Kier alpha value is -2.12. The summed E-state index contributed by atoms with van der Waals surface area (Å²) in [6.07, 6.45) is 0. The van der Waals surface area contributed by atoms with Gasteiger partial charge in [0.15, 0.2) is 0 Å². The molecule has 1 saturated heterocycles. The summed E-state index contributed by atoms with van der Waals surface area (Å²) in [5.41, 5.74) is 1.76. The minimum absolute atomic E-state index is 0.108. The van der Waals surface area contributed by atoms with Crippen LogP contribution in [0.15, 0.2) is 53.0 Å². The van der Waals surface area contributed by atoms with E-state index in [1.54, 1.807) is 47.9 Å². The van der Waals surface area contributed by atoms with Crippen molar-refractivity contribution in [3.05, 3.63) is 69.7 Å². The number of imide groups is 1. The monoisotopic (exact) mass is 444 g/mol. The van der Waals surface area contributed by atoms with Crippen LogP contribution in [0.5, 0.6) is 0 Å². The van der Waals surface area contributed by atoms with Gasteiger partial charge in [-0.1, -0.05) is 40.2 Å². The lowest BCUT2D eigenvalue weighted by Gasteiger charge is -2.30. The van der Waals surface area contributed by atoms with Crippen LogP contribution in [0.25, 0.3) is 0 Å². The zero-order valence-electron chi connectivity index (χ0n) is 14.6. The first-order chi connectivity index (χ1) is 13.0. The number of halogens is 1. The fraction of sp³-hybridized carbons (Fsp3) is 0.250. The van der Waals surface area contributed by atoms with Crippen LogP contribution >= 0.6 is 27.7 Å². The fourth-order valence-electron chi connectivity index (χ4n) is 3.51. The highest BCUT2D eigenvalue weighted by Crippen LogP contribution is 2.39. The number of nitrogens with zero attached hydrogens (tertiary/aromatic N) is 2. The molecular formula is C20H17BrN2O3S. The number of hydrogen-bond donors (Lipinski definition) is 0. The molecule has 138 valence electrons. The molecule has 2 atom stereocenters. The van der Waals surface area contributed by atoms with Crippen molar-refractivity contribution >= 4 is 45.4 Å². The lowest BCUT2D eigenvalue weighted by molar-refractivity contribution is -0.135. The number of fused-ring (bicyclic) bond motifs is 1. The molecule has 3 amide bonds. The summed E-state index contributed by atoms with van der Waals surface area (Å²) in [5.74, 6) is -0.184. The highest BCUT2D eigenvalue weighted by molar-refractivity contribution is 9.10. The van der Waals surface area contributed by atoms with Gasteiger partial charge in [0.2, 0.25) is 5.91 Å². The summed E-state index contributed by atoms with van der Waals surface area (Å²) >= 11 is 5.11. The first-order valence-corrected chi connectivity index (χ1v) is 10.5. The van der Waals surface area contributed by atoms with Gasteiger partial charge in [-0.3, -0.25) is 19.3 Å². The number of thioether (sulfide) groups is 1. The predicted octanol–water partition coefficient (Wildman–Crippen LogP) is 3.71. The van der Waals surface area contributed by atoms with Crippen molar-refractivity contribution in [2.45, 2.75) is 18.3 Å². The van der Waals surface area contributed by atoms with E-state index in [2.05, 4.69) is 15.9 Å². The molecule has 0 spiro atoms. The molecular weight excluding hydrogens is 428 g/mol. The van der Waals surface area contributed by atoms with E-state index < -0.39 is 17.9 Å². The van der Waals surface area contributed by atoms with Crippen LogP contribution in [0.2, 0.25) is 0 Å². The van der Waals surface area contributed by atoms with E-state index in [0.29, 0.717) is 17.7 Å². The Morgan fingerprint density at radius 3 is 2.26 bits per heavy atom. The van der Waals surface area contributed by atoms with Crippen molar-refractivity contribution < 1.29 is 14.4 Å². The first kappa shape index (κ1) is 18.3. The number of carbonyl (C=O) groups excluding carboxylic acids is 3. The fourth-order valence-corrected chi connectivity index (χ4v) is 5.04. The Bertz CT molecular complexity index is 896. The second-order valence-electron chi connectivity index (χ2n) is 6.51. The van der Waals surface area contributed by atoms with Gasteiger partial charge >= 0.3 is 0 Å². The van der Waals surface area contributed by atoms with Crippen molar-refractivity contribution in [1.82, 2.24) is 9.80 Å². The molecule has 0 N–H and O–H groups in total. The van der Waals surface area contributed by atoms with E-state index in [9.17, 15) is 14.4 Å². The molecule has 1 fully saturated rings. The van der Waals surface area contributed by atoms with Gasteiger partial charge in [0, 0.05) is 16.8 Å². The zero-order chi connectivity index (χ0) is 19.1. The van der Waals surface area contributed by atoms with Gasteiger partial charge < -0.3 is 4.90 Å². The molecule has 0 aliphatic carbocycles. The average molecular weight is 445 g/mol. The third-order valence-electron chi connectivity index (χ3n) is 4.90. The maximum Gasteiger partial charge on any atom is 0.262 e. The molecule has 2 aromatic carbocycles. The van der Waals surface area contributed by atoms with Crippen LogP contribution in [0.4, 0.5) is 0 Å². The van der Waals surface area contributed by atoms with E-state index in [0.717, 1.165) is 20.7 Å². The van der Waals surface area contributed by atoms with E-state index in [4.69, 9.17) is 0 Å². The number of hydrogen-bond acceptors (Lipinski definition) is 4. The summed E-state index contributed by atoms with van der Waals surface area (Å²) in [4.78, 5) is 41.4. The van der Waals surface area contributed by atoms with Crippen LogP contribution in [-0.4, -0.2) is 45.9 Å². The molecule has 2 aromatic rings. The van der Waals surface area contributed by atoms with E-state index in [-0.39, 0.29) is 11.3 Å². The molecule has 5 nitrogen and oxygen atoms in total. The van der Waals surface area contributed by atoms with Crippen LogP contribution in [0.1, 0.15) is 38.6 Å². The Balaban J connectivity index is 1.58. The van der Waals surface area contributed by atoms with Crippen LogP contribution in [0, 0.1) is 0 Å². The van der Waals surface area contributed by atoms with Gasteiger partial charge in [-0.2, -0.15) is 0 Å². The summed E-state index contributed by atoms with van der Waals surface area (Å²) in [6.45, 7) is 2.23. The predicted molar refractivity (Wildman–Crippen MR) is 107 cm³/mol. The smallest absolute Gasteiger partial charge is 0.262 e. The normalized spacial score (nSPS) is 20.1. The molecule has 2 aliphatic rings. The van der Waals surface area contributed by atoms with Crippen molar-refractivity contribution in [2.75, 3.05) is 12.3 Å². The van der Waals surface area contributed by atoms with Gasteiger partial charge in [-0.15, -0.1) is 11.8 Å². The standard InChI is InChI=1S/C20H17BrN2O3S/c1-12(23-18(25)15-4-2-3-5-16(15)19(23)26)17(24)22-10-11-27-20(22)13-6-8-14(21)9-7-13/h2-9,12,20H,10-11H2,1H3. The van der Waals surface area contributed by atoms with Gasteiger partial charge in [-0.25, -0.2) is 0 Å². The number of rotatable bonds is 3. The lowest BCUT2D eigenvalue weighted by Crippen LogP contribution is -2.49. The van der Waals surface area contributed by atoms with E-state index >= 15 is 0 Å². The minimum atomic E-state index is -0.839. The van der Waals surface area contributed by atoms with Gasteiger partial charge in [0.25, 0.3) is 11.8 Å². The quantitative estimate of drug-likeness (QED) is 0.677. The molecule has 4 rings (SSSR count). The van der Waals surface area contributed by atoms with Crippen LogP contribution in [0.3, 0.4) is 0 Å². The Kier molecular flexibility index (Phi) is 4.82. The first-order valence-electron chi connectivity index (χ1n) is 8.63. The van der Waals surface area contributed by atoms with Crippen LogP contribution in [-0.2, 0) is 4.79 Å². The highest BCUT2D eigenvalue weighted by atomic mass is 79.9. The maximum absolute atomic E-state index is 13.2. The van der Waals surface area contributed by atoms with Crippen LogP contribution < -0.4 is 0 Å². The molecule has 0 radical (unpaired) electrons. The third kappa shape index (κ3) is 3.08. The summed E-state index contributed by atoms with van der Waals surface area (Å²) < 4.78 is 0.978. The zero-order valence-corrected chi connectivity index (χ0v) is 17.0. The number of carbonyl (C=O) groups is 3. The van der Waals surface area contributed by atoms with Crippen molar-refractivity contribution in [3.63, 3.8) is 0 Å². The largest absolute Gasteiger partial charge is 0.324 e. The minimum Gasteiger partial charge on any atom is -0.324 e. The topological polar surface area (TPSA) is 57.7 Å². The summed E-state index contributed by atoms with van der Waals surface area (Å²) in [5, 5.41) is -0.108. The molecule has 27 heavy (non-hydrogen) atoms. The Labute approximate surface area is 169 Å². The van der Waals surface area contributed by atoms with E-state index in [1.165, 1.54) is 0 Å². The van der Waals surface area contributed by atoms with Crippen molar-refractivity contribution in [3.8, 4) is 0 Å². The van der Waals surface area contributed by atoms with E-state index in [1.807, 2.05) is 24.3 Å². The number of benzene rings is 2. The van der Waals surface area contributed by atoms with Gasteiger partial charge in [0.1, 0.15) is 11.4 Å². The molecule has 0 bridgehead atoms. The maximum atomic E-state index is 13.2. The molecule has 2 aliphatic heterocycles. The molecule has 2 heterocycles. The SMILES string of the molecule is CC(C(=O)N1CCSC1c1ccc(Br)cc1)N1C(=O)c2ccccc2C1=O. The molecule has 0 saturated carbocycles. The Morgan fingerprint density at radius 1 is 1.07 bits per heavy atom. The second kappa shape index (κ2) is 7.13. The Morgan fingerprint density at radius 2 is 1.67 bits per heavy atom. The highest BCUT2D eigenvalue weighted by Gasteiger charge is 2.43. The summed E-state index contributed by atoms with van der Waals surface area (Å²) in [7, 11) is 0. The summed E-state index contributed by atoms with van der Waals surface area (Å²) in [6, 6.07) is 13.7. The van der Waals surface area contributed by atoms with Gasteiger partial charge in [-0.05, 0) is 36.8 Å². The average Bonchev–Trinajstić information content (AvgIpc) is 3.26. The van der Waals surface area contributed by atoms with Crippen molar-refractivity contribution in [2.24, 2.45) is 0 Å². The molecule has 0 aromatic heterocycles. The molecule has 7 heteroatoms. The number of amides is 3. The third-order valence-corrected chi connectivity index (χ3v) is 6.69. The van der Waals surface area contributed by atoms with Gasteiger partial charge in [0.05, 0.1) is 11.1 Å². The second-order valence-corrected chi connectivity index (χ2v) is 8.61. The molecule has 2 unspecified atom stereocenters.